The van der Waals surface area contributed by atoms with Gasteiger partial charge >= 0.3 is 0 Å². The predicted octanol–water partition coefficient (Wildman–Crippen LogP) is 3.68. The number of nitrogens with zero attached hydrogens (tertiary/aromatic N) is 3. The van der Waals surface area contributed by atoms with Gasteiger partial charge in [0.1, 0.15) is 0 Å². The van der Waals surface area contributed by atoms with E-state index in [0.717, 1.165) is 24.6 Å². The molecule has 1 heterocycles. The third-order valence-corrected chi connectivity index (χ3v) is 4.79. The molecule has 2 rings (SSSR count). The highest BCUT2D eigenvalue weighted by Crippen LogP contribution is 2.37. The summed E-state index contributed by atoms with van der Waals surface area (Å²) in [4.78, 5) is 0. The van der Waals surface area contributed by atoms with Crippen LogP contribution in [0.25, 0.3) is 0 Å². The van der Waals surface area contributed by atoms with Gasteiger partial charge in [-0.25, -0.2) is 4.68 Å². The minimum absolute atomic E-state index is 0.115. The molecule has 1 aliphatic carbocycles. The van der Waals surface area contributed by atoms with Crippen LogP contribution in [0.15, 0.2) is 6.20 Å². The fourth-order valence-electron chi connectivity index (χ4n) is 3.48. The Morgan fingerprint density at radius 2 is 2.00 bits per heavy atom. The maximum Gasteiger partial charge on any atom is 0.0757 e. The van der Waals surface area contributed by atoms with Crippen molar-refractivity contribution in [1.82, 2.24) is 15.0 Å². The van der Waals surface area contributed by atoms with Gasteiger partial charge in [0.15, 0.2) is 0 Å². The van der Waals surface area contributed by atoms with Crippen LogP contribution in [0.3, 0.4) is 0 Å². The number of nitrogens with two attached hydrogens (primary N) is 1. The summed E-state index contributed by atoms with van der Waals surface area (Å²) in [6.45, 7) is 5.37. The third-order valence-electron chi connectivity index (χ3n) is 4.79. The summed E-state index contributed by atoms with van der Waals surface area (Å²) in [5, 5.41) is 8.21. The van der Waals surface area contributed by atoms with Gasteiger partial charge in [-0.15, -0.1) is 5.10 Å². The molecule has 4 nitrogen and oxygen atoms in total. The molecule has 4 heteroatoms. The first-order valence-corrected chi connectivity index (χ1v) is 8.40. The second-order valence-corrected chi connectivity index (χ2v) is 6.33. The molecular formula is C16H30N4. The summed E-state index contributed by atoms with van der Waals surface area (Å²) in [6.07, 6.45) is 12.3. The molecule has 1 atom stereocenters. The highest BCUT2D eigenvalue weighted by Gasteiger charge is 2.28. The molecule has 2 N–H and O–H groups in total. The zero-order chi connectivity index (χ0) is 14.4. The van der Waals surface area contributed by atoms with Crippen LogP contribution in [-0.2, 0) is 6.54 Å². The lowest BCUT2D eigenvalue weighted by Gasteiger charge is -2.32. The van der Waals surface area contributed by atoms with Crippen LogP contribution in [0.4, 0.5) is 0 Å². The van der Waals surface area contributed by atoms with Gasteiger partial charge in [0.25, 0.3) is 0 Å². The number of hydrogen-bond donors (Lipinski definition) is 1. The topological polar surface area (TPSA) is 56.7 Å². The molecule has 0 spiro atoms. The summed E-state index contributed by atoms with van der Waals surface area (Å²) in [7, 11) is 0. The van der Waals surface area contributed by atoms with Crippen molar-refractivity contribution in [2.45, 2.75) is 77.8 Å². The SMILES string of the molecule is CCCCC1CCC(C(N)c2cnnn2CCC)CC1. The molecule has 0 aliphatic heterocycles. The van der Waals surface area contributed by atoms with Crippen LogP contribution in [0.5, 0.6) is 0 Å². The smallest absolute Gasteiger partial charge is 0.0757 e. The van der Waals surface area contributed by atoms with E-state index in [4.69, 9.17) is 5.73 Å². The number of rotatable bonds is 7. The van der Waals surface area contributed by atoms with Crippen molar-refractivity contribution in [3.05, 3.63) is 11.9 Å². The van der Waals surface area contributed by atoms with Gasteiger partial charge in [-0.3, -0.25) is 0 Å². The van der Waals surface area contributed by atoms with Gasteiger partial charge in [0.05, 0.1) is 17.9 Å². The lowest BCUT2D eigenvalue weighted by Crippen LogP contribution is -2.28. The van der Waals surface area contributed by atoms with E-state index in [1.807, 2.05) is 10.9 Å². The van der Waals surface area contributed by atoms with Gasteiger partial charge in [0, 0.05) is 6.54 Å². The highest BCUT2D eigenvalue weighted by molar-refractivity contribution is 5.04. The van der Waals surface area contributed by atoms with Crippen molar-refractivity contribution in [1.29, 1.82) is 0 Å². The predicted molar refractivity (Wildman–Crippen MR) is 82.2 cm³/mol. The van der Waals surface area contributed by atoms with E-state index in [1.54, 1.807) is 0 Å². The van der Waals surface area contributed by atoms with Crippen LogP contribution in [-0.4, -0.2) is 15.0 Å². The van der Waals surface area contributed by atoms with E-state index in [2.05, 4.69) is 24.2 Å². The Morgan fingerprint density at radius 3 is 2.65 bits per heavy atom. The van der Waals surface area contributed by atoms with Crippen molar-refractivity contribution in [3.63, 3.8) is 0 Å². The molecule has 1 saturated carbocycles. The van der Waals surface area contributed by atoms with Crippen molar-refractivity contribution in [2.24, 2.45) is 17.6 Å². The zero-order valence-corrected chi connectivity index (χ0v) is 13.1. The molecule has 20 heavy (non-hydrogen) atoms. The average Bonchev–Trinajstić information content (AvgIpc) is 2.93. The highest BCUT2D eigenvalue weighted by atomic mass is 15.4. The first-order valence-electron chi connectivity index (χ1n) is 8.40. The Hall–Kier alpha value is -0.900. The van der Waals surface area contributed by atoms with Gasteiger partial charge in [-0.1, -0.05) is 51.2 Å². The Kier molecular flexibility index (Phi) is 6.02. The number of aryl methyl sites for hydroxylation is 1. The normalized spacial score (nSPS) is 24.8. The summed E-state index contributed by atoms with van der Waals surface area (Å²) in [5.41, 5.74) is 7.62. The molecule has 1 aromatic rings. The van der Waals surface area contributed by atoms with Gasteiger partial charge in [-0.05, 0) is 31.1 Å². The van der Waals surface area contributed by atoms with Crippen molar-refractivity contribution < 1.29 is 0 Å². The molecule has 1 unspecified atom stereocenters. The molecule has 1 fully saturated rings. The molecule has 0 aromatic carbocycles. The Labute approximate surface area is 123 Å². The molecule has 1 aliphatic rings. The minimum atomic E-state index is 0.115. The number of hydrogen-bond acceptors (Lipinski definition) is 3. The quantitative estimate of drug-likeness (QED) is 0.827. The Bertz CT molecular complexity index is 380. The van der Waals surface area contributed by atoms with Gasteiger partial charge in [0.2, 0.25) is 0 Å². The van der Waals surface area contributed by atoms with Crippen molar-refractivity contribution in [3.8, 4) is 0 Å². The van der Waals surface area contributed by atoms with Crippen LogP contribution < -0.4 is 5.73 Å². The molecule has 1 aromatic heterocycles. The van der Waals surface area contributed by atoms with Crippen molar-refractivity contribution in [2.75, 3.05) is 0 Å². The van der Waals surface area contributed by atoms with E-state index >= 15 is 0 Å². The van der Waals surface area contributed by atoms with Crippen LogP contribution in [0.2, 0.25) is 0 Å². The number of aromatic nitrogens is 3. The monoisotopic (exact) mass is 278 g/mol. The summed E-state index contributed by atoms with van der Waals surface area (Å²) >= 11 is 0. The van der Waals surface area contributed by atoms with Gasteiger partial charge in [-0.2, -0.15) is 0 Å². The zero-order valence-electron chi connectivity index (χ0n) is 13.1. The summed E-state index contributed by atoms with van der Waals surface area (Å²) in [6, 6.07) is 0.115. The number of unbranched alkanes of at least 4 members (excludes halogenated alkanes) is 1. The van der Waals surface area contributed by atoms with E-state index in [0.29, 0.717) is 5.92 Å². The average molecular weight is 278 g/mol. The second-order valence-electron chi connectivity index (χ2n) is 6.33. The molecule has 0 saturated heterocycles. The van der Waals surface area contributed by atoms with E-state index in [9.17, 15) is 0 Å². The third kappa shape index (κ3) is 3.81. The first kappa shape index (κ1) is 15.5. The van der Waals surface area contributed by atoms with Crippen LogP contribution in [0.1, 0.15) is 76.9 Å². The molecule has 0 amide bonds. The minimum Gasteiger partial charge on any atom is -0.322 e. The maximum absolute atomic E-state index is 6.49. The van der Waals surface area contributed by atoms with E-state index in [-0.39, 0.29) is 6.04 Å². The standard InChI is InChI=1S/C16H30N4/c1-3-5-6-13-7-9-14(10-8-13)16(17)15-12-18-19-20(15)11-4-2/h12-14,16H,3-11,17H2,1-2H3. The fourth-order valence-corrected chi connectivity index (χ4v) is 3.48. The van der Waals surface area contributed by atoms with Crippen LogP contribution in [0, 0.1) is 11.8 Å². The Balaban J connectivity index is 1.87. The lowest BCUT2D eigenvalue weighted by molar-refractivity contribution is 0.227. The summed E-state index contributed by atoms with van der Waals surface area (Å²) < 4.78 is 1.99. The van der Waals surface area contributed by atoms with Crippen LogP contribution >= 0.6 is 0 Å². The summed E-state index contributed by atoms with van der Waals surface area (Å²) in [5.74, 6) is 1.55. The molecule has 0 radical (unpaired) electrons. The van der Waals surface area contributed by atoms with Crippen molar-refractivity contribution >= 4 is 0 Å². The Morgan fingerprint density at radius 1 is 1.25 bits per heavy atom. The lowest BCUT2D eigenvalue weighted by atomic mass is 9.76. The van der Waals surface area contributed by atoms with Gasteiger partial charge < -0.3 is 5.73 Å². The second kappa shape index (κ2) is 7.77. The first-order chi connectivity index (χ1) is 9.76. The van der Waals surface area contributed by atoms with E-state index in [1.165, 1.54) is 44.9 Å². The molecule has 114 valence electrons. The molecule has 0 bridgehead atoms. The molecular weight excluding hydrogens is 248 g/mol. The fraction of sp³-hybridized carbons (Fsp3) is 0.875. The largest absolute Gasteiger partial charge is 0.322 e. The maximum atomic E-state index is 6.49. The van der Waals surface area contributed by atoms with E-state index < -0.39 is 0 Å².